The number of hydrogen-bond acceptors (Lipinski definition) is 2. The highest BCUT2D eigenvalue weighted by Crippen LogP contribution is 2.43. The molecule has 4 aromatic heterocycles. The van der Waals surface area contributed by atoms with Gasteiger partial charge in [-0.05, 0) is 71.8 Å². The quantitative estimate of drug-likeness (QED) is 0.181. The third kappa shape index (κ3) is 3.77. The summed E-state index contributed by atoms with van der Waals surface area (Å²) >= 11 is 1.84. The third-order valence-corrected chi connectivity index (χ3v) is 10.5. The van der Waals surface area contributed by atoms with Crippen LogP contribution in [0.25, 0.3) is 91.3 Å². The van der Waals surface area contributed by atoms with E-state index in [4.69, 9.17) is 11.6 Å². The van der Waals surface area contributed by atoms with E-state index in [0.29, 0.717) is 5.69 Å². The highest BCUT2D eigenvalue weighted by molar-refractivity contribution is 7.26. The van der Waals surface area contributed by atoms with Crippen molar-refractivity contribution >= 4 is 80.9 Å². The van der Waals surface area contributed by atoms with Gasteiger partial charge in [-0.2, -0.15) is 0 Å². The standard InChI is InChI=1S/C42H24N4S/c1-43-28-22-27(24-30(25-28)45-37-16-5-2-12-31(37)32-13-3-6-17-38(32)45)26-10-8-11-29(23-26)46-40-34(36-15-9-21-44-42(36)46)19-20-35-33-14-4-7-18-39(33)47-41(35)40/h2-25H. The molecule has 0 fully saturated rings. The molecule has 0 saturated heterocycles. The number of aromatic nitrogens is 3. The first kappa shape index (κ1) is 26.0. The van der Waals surface area contributed by atoms with E-state index >= 15 is 0 Å². The van der Waals surface area contributed by atoms with Crippen molar-refractivity contribution in [3.05, 3.63) is 157 Å². The molecule has 0 aliphatic heterocycles. The Morgan fingerprint density at radius 1 is 0.532 bits per heavy atom. The average Bonchev–Trinajstić information content (AvgIpc) is 3.79. The summed E-state index contributed by atoms with van der Waals surface area (Å²) in [6.07, 6.45) is 1.88. The monoisotopic (exact) mass is 616 g/mol. The molecule has 0 atom stereocenters. The van der Waals surface area contributed by atoms with Crippen molar-refractivity contribution in [2.75, 3.05) is 0 Å². The van der Waals surface area contributed by atoms with E-state index in [0.717, 1.165) is 44.6 Å². The van der Waals surface area contributed by atoms with E-state index in [1.54, 1.807) is 0 Å². The Labute approximate surface area is 273 Å². The lowest BCUT2D eigenvalue weighted by atomic mass is 10.0. The van der Waals surface area contributed by atoms with Crippen molar-refractivity contribution in [1.29, 1.82) is 0 Å². The number of pyridine rings is 1. The summed E-state index contributed by atoms with van der Waals surface area (Å²) < 4.78 is 7.14. The van der Waals surface area contributed by atoms with Gasteiger partial charge in [0.2, 0.25) is 0 Å². The lowest BCUT2D eigenvalue weighted by molar-refractivity contribution is 1.14. The second-order valence-corrected chi connectivity index (χ2v) is 13.0. The van der Waals surface area contributed by atoms with E-state index in [9.17, 15) is 0 Å². The molecule has 0 saturated carbocycles. The lowest BCUT2D eigenvalue weighted by Crippen LogP contribution is -1.97. The summed E-state index contributed by atoms with van der Waals surface area (Å²) in [5.41, 5.74) is 9.02. The van der Waals surface area contributed by atoms with E-state index in [1.807, 2.05) is 35.7 Å². The maximum absolute atomic E-state index is 8.01. The fourth-order valence-electron chi connectivity index (χ4n) is 7.34. The van der Waals surface area contributed by atoms with Crippen LogP contribution in [0.2, 0.25) is 0 Å². The molecule has 5 heteroatoms. The van der Waals surface area contributed by atoms with Gasteiger partial charge in [0.05, 0.1) is 27.8 Å². The van der Waals surface area contributed by atoms with Crippen LogP contribution in [0.3, 0.4) is 0 Å². The SMILES string of the molecule is [C-]#[N+]c1cc(-c2cccc(-n3c4ncccc4c4ccc5c6ccccc6sc5c43)c2)cc(-n2c3ccccc3c3ccccc32)c1. The zero-order valence-electron chi connectivity index (χ0n) is 25.1. The Hall–Kier alpha value is -6.22. The summed E-state index contributed by atoms with van der Waals surface area (Å²) in [6, 6.07) is 49.2. The van der Waals surface area contributed by atoms with Gasteiger partial charge in [0.1, 0.15) is 5.65 Å². The summed E-state index contributed by atoms with van der Waals surface area (Å²) in [6.45, 7) is 8.01. The Bertz CT molecular complexity index is 2880. The van der Waals surface area contributed by atoms with Gasteiger partial charge in [-0.25, -0.2) is 9.83 Å². The van der Waals surface area contributed by atoms with Crippen molar-refractivity contribution in [3.63, 3.8) is 0 Å². The zero-order chi connectivity index (χ0) is 31.1. The van der Waals surface area contributed by atoms with Crippen LogP contribution in [0.15, 0.2) is 146 Å². The Morgan fingerprint density at radius 3 is 2.04 bits per heavy atom. The molecule has 47 heavy (non-hydrogen) atoms. The van der Waals surface area contributed by atoms with Crippen LogP contribution in [0, 0.1) is 6.57 Å². The van der Waals surface area contributed by atoms with Crippen molar-refractivity contribution in [3.8, 4) is 22.5 Å². The number of nitrogens with zero attached hydrogens (tertiary/aromatic N) is 4. The van der Waals surface area contributed by atoms with Gasteiger partial charge in [0.15, 0.2) is 5.69 Å². The van der Waals surface area contributed by atoms with Crippen LogP contribution < -0.4 is 0 Å². The predicted molar refractivity (Wildman–Crippen MR) is 198 cm³/mol. The molecule has 10 aromatic rings. The summed E-state index contributed by atoms with van der Waals surface area (Å²) in [5, 5.41) is 7.27. The van der Waals surface area contributed by atoms with E-state index in [1.165, 1.54) is 41.8 Å². The summed E-state index contributed by atoms with van der Waals surface area (Å²) in [5.74, 6) is 0. The molecule has 4 heterocycles. The molecule has 10 rings (SSSR count). The Morgan fingerprint density at radius 2 is 1.23 bits per heavy atom. The first-order valence-electron chi connectivity index (χ1n) is 15.6. The number of thiophene rings is 1. The summed E-state index contributed by atoms with van der Waals surface area (Å²) in [7, 11) is 0. The van der Waals surface area contributed by atoms with Crippen LogP contribution in [0.5, 0.6) is 0 Å². The molecule has 0 aliphatic rings. The lowest BCUT2D eigenvalue weighted by Gasteiger charge is -2.13. The fraction of sp³-hybridized carbons (Fsp3) is 0. The zero-order valence-corrected chi connectivity index (χ0v) is 25.9. The number of para-hydroxylation sites is 2. The minimum Gasteiger partial charge on any atom is -0.310 e. The van der Waals surface area contributed by atoms with Gasteiger partial charge in [-0.3, -0.25) is 4.57 Å². The van der Waals surface area contributed by atoms with Crippen LogP contribution >= 0.6 is 11.3 Å². The topological polar surface area (TPSA) is 27.1 Å². The van der Waals surface area contributed by atoms with Gasteiger partial charge < -0.3 is 4.57 Å². The van der Waals surface area contributed by atoms with E-state index in [-0.39, 0.29) is 0 Å². The van der Waals surface area contributed by atoms with Gasteiger partial charge in [-0.15, -0.1) is 11.3 Å². The molecule has 6 aromatic carbocycles. The van der Waals surface area contributed by atoms with Crippen molar-refractivity contribution < 1.29 is 0 Å². The molecule has 0 bridgehead atoms. The average molecular weight is 617 g/mol. The first-order chi connectivity index (χ1) is 23.3. The first-order valence-corrected chi connectivity index (χ1v) is 16.4. The molecule has 218 valence electrons. The number of hydrogen-bond donors (Lipinski definition) is 0. The minimum absolute atomic E-state index is 0.607. The third-order valence-electron chi connectivity index (χ3n) is 9.34. The molecular weight excluding hydrogens is 593 g/mol. The maximum atomic E-state index is 8.01. The molecule has 0 unspecified atom stereocenters. The van der Waals surface area contributed by atoms with E-state index < -0.39 is 0 Å². The van der Waals surface area contributed by atoms with E-state index in [2.05, 4.69) is 135 Å². The van der Waals surface area contributed by atoms with Gasteiger partial charge in [0.25, 0.3) is 0 Å². The number of benzene rings is 6. The normalized spacial score (nSPS) is 11.8. The second kappa shape index (κ2) is 9.89. The predicted octanol–water partition coefficient (Wildman–Crippen LogP) is 11.9. The number of fused-ring (bicyclic) bond motifs is 10. The van der Waals surface area contributed by atoms with Crippen LogP contribution in [0.4, 0.5) is 5.69 Å². The van der Waals surface area contributed by atoms with Crippen LogP contribution in [-0.4, -0.2) is 14.1 Å². The van der Waals surface area contributed by atoms with Gasteiger partial charge in [-0.1, -0.05) is 78.9 Å². The van der Waals surface area contributed by atoms with Crippen LogP contribution in [-0.2, 0) is 0 Å². The Balaban J connectivity index is 1.22. The summed E-state index contributed by atoms with van der Waals surface area (Å²) in [4.78, 5) is 8.83. The number of rotatable bonds is 3. The maximum Gasteiger partial charge on any atom is 0.189 e. The molecule has 0 N–H and O–H groups in total. The smallest absolute Gasteiger partial charge is 0.189 e. The van der Waals surface area contributed by atoms with Crippen molar-refractivity contribution in [2.45, 2.75) is 0 Å². The van der Waals surface area contributed by atoms with Gasteiger partial charge >= 0.3 is 0 Å². The minimum atomic E-state index is 0.607. The van der Waals surface area contributed by atoms with Gasteiger partial charge in [0, 0.05) is 54.6 Å². The molecular formula is C42H24N4S. The Kier molecular flexibility index (Phi) is 5.48. The second-order valence-electron chi connectivity index (χ2n) is 11.9. The molecule has 0 amide bonds. The highest BCUT2D eigenvalue weighted by Gasteiger charge is 2.19. The van der Waals surface area contributed by atoms with Crippen molar-refractivity contribution in [2.24, 2.45) is 0 Å². The molecule has 4 nitrogen and oxygen atoms in total. The molecule has 0 radical (unpaired) electrons. The largest absolute Gasteiger partial charge is 0.310 e. The van der Waals surface area contributed by atoms with Crippen LogP contribution in [0.1, 0.15) is 0 Å². The molecule has 0 aliphatic carbocycles. The highest BCUT2D eigenvalue weighted by atomic mass is 32.1. The fourth-order valence-corrected chi connectivity index (χ4v) is 8.58. The molecule has 0 spiro atoms. The van der Waals surface area contributed by atoms with Crippen molar-refractivity contribution in [1.82, 2.24) is 14.1 Å².